The molecular formula is C27H31N3O3. The van der Waals surface area contributed by atoms with Gasteiger partial charge in [-0.3, -0.25) is 9.59 Å². The zero-order chi connectivity index (χ0) is 23.4. The molecule has 0 spiro atoms. The number of fused-ring (bicyclic) bond motifs is 1. The molecular weight excluding hydrogens is 414 g/mol. The van der Waals surface area contributed by atoms with Gasteiger partial charge >= 0.3 is 0 Å². The Hall–Kier alpha value is -3.54. The number of hydrogen-bond acceptors (Lipinski definition) is 4. The molecule has 0 saturated heterocycles. The minimum atomic E-state index is -0.187. The first-order valence-corrected chi connectivity index (χ1v) is 11.5. The number of hydrogen-bond donors (Lipinski definition) is 2. The lowest BCUT2D eigenvalue weighted by atomic mass is 10.1. The van der Waals surface area contributed by atoms with E-state index in [1.807, 2.05) is 38.1 Å². The molecule has 2 N–H and O–H groups in total. The molecule has 2 atom stereocenters. The van der Waals surface area contributed by atoms with Crippen molar-refractivity contribution in [2.24, 2.45) is 0 Å². The predicted molar refractivity (Wildman–Crippen MR) is 129 cm³/mol. The zero-order valence-electron chi connectivity index (χ0n) is 19.4. The molecule has 0 saturated carbocycles. The van der Waals surface area contributed by atoms with Gasteiger partial charge in [-0.1, -0.05) is 37.3 Å². The number of anilines is 1. The second-order valence-electron chi connectivity index (χ2n) is 8.73. The molecule has 3 aromatic rings. The van der Waals surface area contributed by atoms with Gasteiger partial charge < -0.3 is 20.0 Å². The predicted octanol–water partition coefficient (Wildman–Crippen LogP) is 4.69. The van der Waals surface area contributed by atoms with Crippen LogP contribution < -0.4 is 15.5 Å². The smallest absolute Gasteiger partial charge is 0.255 e. The highest BCUT2D eigenvalue weighted by molar-refractivity contribution is 5.96. The maximum atomic E-state index is 12.9. The van der Waals surface area contributed by atoms with E-state index in [-0.39, 0.29) is 17.9 Å². The molecule has 4 rings (SSSR count). The largest absolute Gasteiger partial charge is 0.467 e. The summed E-state index contributed by atoms with van der Waals surface area (Å²) in [6.07, 6.45) is 3.42. The quantitative estimate of drug-likeness (QED) is 0.528. The molecule has 1 aliphatic rings. The van der Waals surface area contributed by atoms with Crippen molar-refractivity contribution in [2.75, 3.05) is 4.90 Å². The van der Waals surface area contributed by atoms with Crippen molar-refractivity contribution in [3.05, 3.63) is 88.9 Å². The van der Waals surface area contributed by atoms with Gasteiger partial charge in [0.25, 0.3) is 11.8 Å². The fourth-order valence-electron chi connectivity index (χ4n) is 4.20. The van der Waals surface area contributed by atoms with E-state index in [0.29, 0.717) is 36.0 Å². The van der Waals surface area contributed by atoms with Crippen molar-refractivity contribution in [2.45, 2.75) is 58.8 Å². The molecule has 33 heavy (non-hydrogen) atoms. The first kappa shape index (κ1) is 22.6. The van der Waals surface area contributed by atoms with Crippen molar-refractivity contribution in [1.82, 2.24) is 10.6 Å². The van der Waals surface area contributed by atoms with E-state index < -0.39 is 0 Å². The minimum Gasteiger partial charge on any atom is -0.467 e. The van der Waals surface area contributed by atoms with Crippen LogP contribution in [0.1, 0.15) is 64.8 Å². The van der Waals surface area contributed by atoms with Crippen LogP contribution in [0.15, 0.2) is 65.3 Å². The van der Waals surface area contributed by atoms with E-state index in [0.717, 1.165) is 18.4 Å². The Kier molecular flexibility index (Phi) is 6.82. The van der Waals surface area contributed by atoms with Crippen LogP contribution >= 0.6 is 0 Å². The first-order valence-electron chi connectivity index (χ1n) is 11.5. The number of furan rings is 1. The number of nitrogens with zero attached hydrogens (tertiary/aromatic N) is 1. The number of carbonyl (C=O) groups excluding carboxylic acids is 2. The SMILES string of the molecule is CCC(C)NC(=O)c1cccc(CNC(=O)c2ccoc2CN2c3ccccc3CC2C)c1. The van der Waals surface area contributed by atoms with Crippen LogP contribution in [0.3, 0.4) is 0 Å². The fraction of sp³-hybridized carbons (Fsp3) is 0.333. The summed E-state index contributed by atoms with van der Waals surface area (Å²) in [4.78, 5) is 27.6. The van der Waals surface area contributed by atoms with Gasteiger partial charge in [0.05, 0.1) is 18.4 Å². The van der Waals surface area contributed by atoms with Gasteiger partial charge in [-0.05, 0) is 62.1 Å². The molecule has 2 aromatic carbocycles. The molecule has 2 unspecified atom stereocenters. The maximum absolute atomic E-state index is 12.9. The van der Waals surface area contributed by atoms with Crippen LogP contribution in [0.5, 0.6) is 0 Å². The molecule has 1 aromatic heterocycles. The Morgan fingerprint density at radius 1 is 1.12 bits per heavy atom. The molecule has 2 amide bonds. The molecule has 6 heteroatoms. The maximum Gasteiger partial charge on any atom is 0.255 e. The summed E-state index contributed by atoms with van der Waals surface area (Å²) in [5, 5.41) is 5.94. The van der Waals surface area contributed by atoms with Gasteiger partial charge in [0, 0.05) is 29.9 Å². The van der Waals surface area contributed by atoms with Crippen LogP contribution in [0, 0.1) is 0 Å². The summed E-state index contributed by atoms with van der Waals surface area (Å²) in [6, 6.07) is 17.9. The van der Waals surface area contributed by atoms with E-state index in [1.165, 1.54) is 11.3 Å². The summed E-state index contributed by atoms with van der Waals surface area (Å²) in [5.74, 6) is 0.362. The molecule has 6 nitrogen and oxygen atoms in total. The lowest BCUT2D eigenvalue weighted by Crippen LogP contribution is -2.32. The van der Waals surface area contributed by atoms with Gasteiger partial charge in [0.1, 0.15) is 5.76 Å². The molecule has 0 radical (unpaired) electrons. The Morgan fingerprint density at radius 2 is 1.94 bits per heavy atom. The highest BCUT2D eigenvalue weighted by Crippen LogP contribution is 2.33. The van der Waals surface area contributed by atoms with Crippen LogP contribution in [0.2, 0.25) is 0 Å². The molecule has 0 bridgehead atoms. The summed E-state index contributed by atoms with van der Waals surface area (Å²) >= 11 is 0. The van der Waals surface area contributed by atoms with Gasteiger partial charge in [0.15, 0.2) is 0 Å². The van der Waals surface area contributed by atoms with Gasteiger partial charge in [-0.2, -0.15) is 0 Å². The highest BCUT2D eigenvalue weighted by atomic mass is 16.3. The normalized spacial score (nSPS) is 15.7. The second-order valence-corrected chi connectivity index (χ2v) is 8.73. The molecule has 0 aliphatic carbocycles. The van der Waals surface area contributed by atoms with E-state index in [2.05, 4.69) is 40.7 Å². The van der Waals surface area contributed by atoms with Crippen molar-refractivity contribution < 1.29 is 14.0 Å². The average Bonchev–Trinajstić information content (AvgIpc) is 3.42. The monoisotopic (exact) mass is 445 g/mol. The lowest BCUT2D eigenvalue weighted by Gasteiger charge is -2.24. The van der Waals surface area contributed by atoms with E-state index in [9.17, 15) is 9.59 Å². The van der Waals surface area contributed by atoms with Crippen molar-refractivity contribution in [3.63, 3.8) is 0 Å². The third-order valence-electron chi connectivity index (χ3n) is 6.28. The van der Waals surface area contributed by atoms with Crippen molar-refractivity contribution >= 4 is 17.5 Å². The van der Waals surface area contributed by atoms with Crippen LogP contribution in [-0.4, -0.2) is 23.9 Å². The van der Waals surface area contributed by atoms with E-state index >= 15 is 0 Å². The molecule has 1 aliphatic heterocycles. The first-order chi connectivity index (χ1) is 16.0. The Morgan fingerprint density at radius 3 is 2.76 bits per heavy atom. The number of carbonyl (C=O) groups is 2. The van der Waals surface area contributed by atoms with Gasteiger partial charge in [0.2, 0.25) is 0 Å². The summed E-state index contributed by atoms with van der Waals surface area (Å²) in [6.45, 7) is 7.07. The molecule has 172 valence electrons. The Balaban J connectivity index is 1.41. The van der Waals surface area contributed by atoms with Crippen molar-refractivity contribution in [3.8, 4) is 0 Å². The van der Waals surface area contributed by atoms with E-state index in [1.54, 1.807) is 18.4 Å². The molecule has 0 fully saturated rings. The summed E-state index contributed by atoms with van der Waals surface area (Å²) < 4.78 is 5.71. The number of rotatable bonds is 8. The molecule has 2 heterocycles. The topological polar surface area (TPSA) is 74.6 Å². The number of nitrogens with one attached hydrogen (secondary N) is 2. The zero-order valence-corrected chi connectivity index (χ0v) is 19.4. The Bertz CT molecular complexity index is 1140. The minimum absolute atomic E-state index is 0.102. The van der Waals surface area contributed by atoms with Crippen LogP contribution in [0.4, 0.5) is 5.69 Å². The van der Waals surface area contributed by atoms with Gasteiger partial charge in [-0.15, -0.1) is 0 Å². The number of amides is 2. The van der Waals surface area contributed by atoms with E-state index in [4.69, 9.17) is 4.42 Å². The number of para-hydroxylation sites is 1. The highest BCUT2D eigenvalue weighted by Gasteiger charge is 2.28. The van der Waals surface area contributed by atoms with Crippen LogP contribution in [-0.2, 0) is 19.5 Å². The van der Waals surface area contributed by atoms with Crippen molar-refractivity contribution in [1.29, 1.82) is 0 Å². The lowest BCUT2D eigenvalue weighted by molar-refractivity contribution is 0.0936. The number of benzene rings is 2. The second kappa shape index (κ2) is 9.94. The Labute approximate surface area is 195 Å². The fourth-order valence-corrected chi connectivity index (χ4v) is 4.20. The third kappa shape index (κ3) is 5.11. The standard InChI is InChI=1S/C27H31N3O3/c1-4-18(2)29-26(31)22-10-7-8-20(15-22)16-28-27(32)23-12-13-33-25(23)17-30-19(3)14-21-9-5-6-11-24(21)30/h5-13,15,18-19H,4,14,16-17H2,1-3H3,(H,28,32)(H,29,31). The van der Waals surface area contributed by atoms with Gasteiger partial charge in [-0.25, -0.2) is 0 Å². The van der Waals surface area contributed by atoms with Crippen LogP contribution in [0.25, 0.3) is 0 Å². The summed E-state index contributed by atoms with van der Waals surface area (Å²) in [5.41, 5.74) is 4.51. The third-order valence-corrected chi connectivity index (χ3v) is 6.28. The summed E-state index contributed by atoms with van der Waals surface area (Å²) in [7, 11) is 0. The average molecular weight is 446 g/mol.